The van der Waals surface area contributed by atoms with Crippen molar-refractivity contribution in [2.45, 2.75) is 18.9 Å². The van der Waals surface area contributed by atoms with E-state index in [2.05, 4.69) is 10.6 Å². The largest absolute Gasteiger partial charge is 0.494 e. The zero-order valence-corrected chi connectivity index (χ0v) is 10.3. The zero-order chi connectivity index (χ0) is 13.0. The van der Waals surface area contributed by atoms with E-state index in [0.717, 1.165) is 25.9 Å². The van der Waals surface area contributed by atoms with Crippen LogP contribution in [0.3, 0.4) is 0 Å². The highest BCUT2D eigenvalue weighted by atomic mass is 19.1. The predicted molar refractivity (Wildman–Crippen MR) is 66.3 cm³/mol. The van der Waals surface area contributed by atoms with E-state index < -0.39 is 5.82 Å². The number of hydrogen-bond donors (Lipinski definition) is 2. The summed E-state index contributed by atoms with van der Waals surface area (Å²) in [6.45, 7) is 1.76. The molecule has 4 nitrogen and oxygen atoms in total. The number of ether oxygens (including phenoxy) is 1. The molecule has 0 aromatic heterocycles. The van der Waals surface area contributed by atoms with Gasteiger partial charge in [0.2, 0.25) is 0 Å². The average molecular weight is 252 g/mol. The maximum absolute atomic E-state index is 13.5. The highest BCUT2D eigenvalue weighted by molar-refractivity contribution is 5.94. The number of rotatable bonds is 3. The van der Waals surface area contributed by atoms with Gasteiger partial charge in [-0.3, -0.25) is 4.79 Å². The molecule has 0 aliphatic carbocycles. The monoisotopic (exact) mass is 252 g/mol. The van der Waals surface area contributed by atoms with Crippen molar-refractivity contribution in [2.24, 2.45) is 0 Å². The average Bonchev–Trinajstić information content (AvgIpc) is 2.39. The normalized spacial score (nSPS) is 19.3. The van der Waals surface area contributed by atoms with Crippen LogP contribution in [0.5, 0.6) is 5.75 Å². The molecule has 2 rings (SSSR count). The van der Waals surface area contributed by atoms with Gasteiger partial charge in [-0.25, -0.2) is 4.39 Å². The topological polar surface area (TPSA) is 50.4 Å². The smallest absolute Gasteiger partial charge is 0.251 e. The first-order valence-electron chi connectivity index (χ1n) is 6.06. The lowest BCUT2D eigenvalue weighted by atomic mass is 10.1. The van der Waals surface area contributed by atoms with E-state index >= 15 is 0 Å². The summed E-state index contributed by atoms with van der Waals surface area (Å²) < 4.78 is 18.3. The molecule has 1 heterocycles. The van der Waals surface area contributed by atoms with E-state index in [1.54, 1.807) is 6.07 Å². The maximum atomic E-state index is 13.5. The summed E-state index contributed by atoms with van der Waals surface area (Å²) in [5.74, 6) is -0.622. The molecular weight excluding hydrogens is 235 g/mol. The molecule has 1 saturated heterocycles. The first-order chi connectivity index (χ1) is 8.70. The van der Waals surface area contributed by atoms with Crippen LogP contribution in [0.15, 0.2) is 18.2 Å². The summed E-state index contributed by atoms with van der Waals surface area (Å²) in [6.07, 6.45) is 2.00. The minimum atomic E-state index is -0.521. The molecule has 2 N–H and O–H groups in total. The number of carbonyl (C=O) groups is 1. The molecule has 0 spiro atoms. The van der Waals surface area contributed by atoms with Gasteiger partial charge in [-0.1, -0.05) is 0 Å². The molecule has 1 aromatic rings. The molecule has 0 saturated carbocycles. The fraction of sp³-hybridized carbons (Fsp3) is 0.462. The predicted octanol–water partition coefficient (Wildman–Crippen LogP) is 1.32. The lowest BCUT2D eigenvalue weighted by Crippen LogP contribution is -2.45. The van der Waals surface area contributed by atoms with Crippen LogP contribution in [0.25, 0.3) is 0 Å². The van der Waals surface area contributed by atoms with Crippen LogP contribution >= 0.6 is 0 Å². The minimum Gasteiger partial charge on any atom is -0.494 e. The molecule has 1 aromatic carbocycles. The highest BCUT2D eigenvalue weighted by Crippen LogP contribution is 2.17. The molecule has 5 heteroatoms. The van der Waals surface area contributed by atoms with Gasteiger partial charge < -0.3 is 15.4 Å². The Morgan fingerprint density at radius 2 is 2.39 bits per heavy atom. The lowest BCUT2D eigenvalue weighted by molar-refractivity contribution is 0.0930. The van der Waals surface area contributed by atoms with E-state index in [4.69, 9.17) is 4.74 Å². The number of benzene rings is 1. The Balaban J connectivity index is 2.01. The van der Waals surface area contributed by atoms with Gasteiger partial charge in [0.05, 0.1) is 7.11 Å². The van der Waals surface area contributed by atoms with Gasteiger partial charge in [-0.15, -0.1) is 0 Å². The second-order valence-corrected chi connectivity index (χ2v) is 4.37. The van der Waals surface area contributed by atoms with Crippen molar-refractivity contribution >= 4 is 5.91 Å². The van der Waals surface area contributed by atoms with Crippen molar-refractivity contribution in [3.8, 4) is 5.75 Å². The third kappa shape index (κ3) is 2.98. The van der Waals surface area contributed by atoms with Crippen LogP contribution in [0.1, 0.15) is 23.2 Å². The van der Waals surface area contributed by atoms with Crippen LogP contribution in [0.4, 0.5) is 4.39 Å². The molecule has 98 valence electrons. The highest BCUT2D eigenvalue weighted by Gasteiger charge is 2.17. The summed E-state index contributed by atoms with van der Waals surface area (Å²) in [7, 11) is 1.39. The Hall–Kier alpha value is -1.62. The molecule has 1 atom stereocenters. The van der Waals surface area contributed by atoms with Crippen molar-refractivity contribution < 1.29 is 13.9 Å². The molecular formula is C13H17FN2O2. The van der Waals surface area contributed by atoms with Crippen LogP contribution < -0.4 is 15.4 Å². The van der Waals surface area contributed by atoms with Crippen LogP contribution in [0.2, 0.25) is 0 Å². The number of nitrogens with one attached hydrogen (secondary N) is 2. The van der Waals surface area contributed by atoms with Crippen molar-refractivity contribution in [2.75, 3.05) is 20.2 Å². The Labute approximate surface area is 106 Å². The fourth-order valence-corrected chi connectivity index (χ4v) is 2.05. The van der Waals surface area contributed by atoms with Gasteiger partial charge in [0.1, 0.15) is 0 Å². The van der Waals surface area contributed by atoms with E-state index in [0.29, 0.717) is 5.56 Å². The third-order valence-electron chi connectivity index (χ3n) is 3.05. The first-order valence-corrected chi connectivity index (χ1v) is 6.06. The van der Waals surface area contributed by atoms with Crippen LogP contribution in [-0.2, 0) is 0 Å². The van der Waals surface area contributed by atoms with E-state index in [1.165, 1.54) is 19.2 Å². The first kappa shape index (κ1) is 12.8. The third-order valence-corrected chi connectivity index (χ3v) is 3.05. The molecule has 1 fully saturated rings. The van der Waals surface area contributed by atoms with Crippen molar-refractivity contribution in [1.29, 1.82) is 0 Å². The molecule has 1 aliphatic heterocycles. The van der Waals surface area contributed by atoms with Gasteiger partial charge in [0.15, 0.2) is 11.6 Å². The summed E-state index contributed by atoms with van der Waals surface area (Å²) >= 11 is 0. The SMILES string of the molecule is COc1ccc(C(=O)N[C@H]2CCCNC2)cc1F. The Bertz CT molecular complexity index is 431. The maximum Gasteiger partial charge on any atom is 0.251 e. The van der Waals surface area contributed by atoms with Crippen LogP contribution in [0, 0.1) is 5.82 Å². The lowest BCUT2D eigenvalue weighted by Gasteiger charge is -2.23. The van der Waals surface area contributed by atoms with E-state index in [9.17, 15) is 9.18 Å². The van der Waals surface area contributed by atoms with Crippen molar-refractivity contribution in [3.05, 3.63) is 29.6 Å². The Morgan fingerprint density at radius 3 is 3.00 bits per heavy atom. The number of methoxy groups -OCH3 is 1. The van der Waals surface area contributed by atoms with E-state index in [-0.39, 0.29) is 17.7 Å². The zero-order valence-electron chi connectivity index (χ0n) is 10.3. The van der Waals surface area contributed by atoms with Crippen molar-refractivity contribution in [1.82, 2.24) is 10.6 Å². The molecule has 0 radical (unpaired) electrons. The van der Waals surface area contributed by atoms with Gasteiger partial charge in [-0.2, -0.15) is 0 Å². The summed E-state index contributed by atoms with van der Waals surface area (Å²) in [6, 6.07) is 4.35. The van der Waals surface area contributed by atoms with Gasteiger partial charge in [-0.05, 0) is 37.6 Å². The standard InChI is InChI=1S/C13H17FN2O2/c1-18-12-5-4-9(7-11(12)14)13(17)16-10-3-2-6-15-8-10/h4-5,7,10,15H,2-3,6,8H2,1H3,(H,16,17)/t10-/m0/s1. The van der Waals surface area contributed by atoms with Gasteiger partial charge in [0, 0.05) is 18.2 Å². The molecule has 1 amide bonds. The summed E-state index contributed by atoms with van der Waals surface area (Å²) in [5.41, 5.74) is 0.318. The van der Waals surface area contributed by atoms with E-state index in [1.807, 2.05) is 0 Å². The number of hydrogen-bond acceptors (Lipinski definition) is 3. The fourth-order valence-electron chi connectivity index (χ4n) is 2.05. The second kappa shape index (κ2) is 5.82. The minimum absolute atomic E-state index is 0.122. The van der Waals surface area contributed by atoms with Crippen molar-refractivity contribution in [3.63, 3.8) is 0 Å². The number of halogens is 1. The quantitative estimate of drug-likeness (QED) is 0.853. The second-order valence-electron chi connectivity index (χ2n) is 4.37. The molecule has 1 aliphatic rings. The summed E-state index contributed by atoms with van der Waals surface area (Å²) in [4.78, 5) is 11.9. The number of amides is 1. The molecule has 18 heavy (non-hydrogen) atoms. The Kier molecular flexibility index (Phi) is 4.15. The molecule has 0 unspecified atom stereocenters. The summed E-state index contributed by atoms with van der Waals surface area (Å²) in [5, 5.41) is 6.10. The number of carbonyl (C=O) groups excluding carboxylic acids is 1. The van der Waals surface area contributed by atoms with Gasteiger partial charge in [0.25, 0.3) is 5.91 Å². The van der Waals surface area contributed by atoms with Crippen LogP contribution in [-0.4, -0.2) is 32.1 Å². The number of piperidine rings is 1. The molecule has 0 bridgehead atoms. The Morgan fingerprint density at radius 1 is 1.56 bits per heavy atom. The van der Waals surface area contributed by atoms with Gasteiger partial charge >= 0.3 is 0 Å².